The highest BCUT2D eigenvalue weighted by molar-refractivity contribution is 7.09. The van der Waals surface area contributed by atoms with Crippen LogP contribution in [0.2, 0.25) is 0 Å². The molecule has 1 aliphatic heterocycles. The van der Waals surface area contributed by atoms with Gasteiger partial charge in [-0.1, -0.05) is 18.2 Å². The van der Waals surface area contributed by atoms with E-state index in [2.05, 4.69) is 16.4 Å². The van der Waals surface area contributed by atoms with Crippen molar-refractivity contribution in [1.82, 2.24) is 4.98 Å². The lowest BCUT2D eigenvalue weighted by atomic mass is 10.1. The third kappa shape index (κ3) is 3.47. The summed E-state index contributed by atoms with van der Waals surface area (Å²) in [5.41, 5.74) is 4.20. The van der Waals surface area contributed by atoms with Crippen LogP contribution in [0.4, 0.5) is 5.69 Å². The van der Waals surface area contributed by atoms with Gasteiger partial charge >= 0.3 is 0 Å². The number of aryl methyl sites for hydroxylation is 1. The van der Waals surface area contributed by atoms with Crippen molar-refractivity contribution < 1.29 is 14.3 Å². The standard InChI is InChI=1S/C22H22N2O3S/c1-14(27-21-7-5-4-6-20(21)26-3)22(25)24-11-10-17-12-16(8-9-19(17)24)18-13-28-15(2)23-18/h4-9,12-14H,10-11H2,1-3H3/t14-/m1/s1. The fourth-order valence-electron chi connectivity index (χ4n) is 3.46. The maximum atomic E-state index is 13.0. The third-order valence-electron chi connectivity index (χ3n) is 4.88. The van der Waals surface area contributed by atoms with Crippen LogP contribution >= 0.6 is 11.3 Å². The van der Waals surface area contributed by atoms with Crippen molar-refractivity contribution in [3.05, 3.63) is 58.4 Å². The number of anilines is 1. The average molecular weight is 394 g/mol. The highest BCUT2D eigenvalue weighted by atomic mass is 32.1. The summed E-state index contributed by atoms with van der Waals surface area (Å²) in [6, 6.07) is 13.5. The van der Waals surface area contributed by atoms with Crippen molar-refractivity contribution in [2.24, 2.45) is 0 Å². The minimum Gasteiger partial charge on any atom is -0.493 e. The number of para-hydroxylation sites is 2. The zero-order valence-corrected chi connectivity index (χ0v) is 17.0. The van der Waals surface area contributed by atoms with Crippen molar-refractivity contribution in [2.45, 2.75) is 26.4 Å². The van der Waals surface area contributed by atoms with E-state index in [9.17, 15) is 4.79 Å². The molecule has 0 N–H and O–H groups in total. The molecule has 1 aromatic heterocycles. The third-order valence-corrected chi connectivity index (χ3v) is 5.65. The number of aromatic nitrogens is 1. The summed E-state index contributed by atoms with van der Waals surface area (Å²) >= 11 is 1.64. The van der Waals surface area contributed by atoms with E-state index in [0.717, 1.165) is 28.4 Å². The zero-order chi connectivity index (χ0) is 19.7. The predicted molar refractivity (Wildman–Crippen MR) is 111 cm³/mol. The molecular weight excluding hydrogens is 372 g/mol. The molecule has 0 saturated heterocycles. The molecule has 1 amide bonds. The van der Waals surface area contributed by atoms with Crippen LogP contribution in [0.25, 0.3) is 11.3 Å². The molecule has 0 unspecified atom stereocenters. The van der Waals surface area contributed by atoms with Crippen LogP contribution in [0.1, 0.15) is 17.5 Å². The second kappa shape index (κ2) is 7.64. The lowest BCUT2D eigenvalue weighted by molar-refractivity contribution is -0.124. The van der Waals surface area contributed by atoms with Crippen molar-refractivity contribution >= 4 is 22.9 Å². The predicted octanol–water partition coefficient (Wildman–Crippen LogP) is 4.48. The number of carbonyl (C=O) groups is 1. The molecule has 5 nitrogen and oxygen atoms in total. The molecule has 28 heavy (non-hydrogen) atoms. The maximum Gasteiger partial charge on any atom is 0.267 e. The number of hydrogen-bond donors (Lipinski definition) is 0. The number of rotatable bonds is 5. The number of carbonyl (C=O) groups excluding carboxylic acids is 1. The minimum absolute atomic E-state index is 0.0538. The Morgan fingerprint density at radius 1 is 1.21 bits per heavy atom. The molecule has 0 spiro atoms. The Morgan fingerprint density at radius 2 is 2.00 bits per heavy atom. The van der Waals surface area contributed by atoms with Crippen LogP contribution in [0.15, 0.2) is 47.8 Å². The highest BCUT2D eigenvalue weighted by Crippen LogP contribution is 2.34. The summed E-state index contributed by atoms with van der Waals surface area (Å²) in [5, 5.41) is 3.12. The molecule has 1 aliphatic rings. The summed E-state index contributed by atoms with van der Waals surface area (Å²) in [7, 11) is 1.59. The number of ether oxygens (including phenoxy) is 2. The monoisotopic (exact) mass is 394 g/mol. The molecule has 2 aromatic carbocycles. The van der Waals surface area contributed by atoms with Gasteiger partial charge in [0, 0.05) is 23.2 Å². The van der Waals surface area contributed by atoms with Crippen LogP contribution in [-0.4, -0.2) is 30.6 Å². The Balaban J connectivity index is 1.52. The van der Waals surface area contributed by atoms with Gasteiger partial charge in [-0.25, -0.2) is 4.98 Å². The molecular formula is C22H22N2O3S. The van der Waals surface area contributed by atoms with E-state index in [1.807, 2.05) is 48.2 Å². The van der Waals surface area contributed by atoms with Crippen LogP contribution in [0.5, 0.6) is 11.5 Å². The number of nitrogens with zero attached hydrogens (tertiary/aromatic N) is 2. The summed E-state index contributed by atoms with van der Waals surface area (Å²) < 4.78 is 11.2. The lowest BCUT2D eigenvalue weighted by Crippen LogP contribution is -2.39. The number of thiazole rings is 1. The Bertz CT molecular complexity index is 1010. The fraction of sp³-hybridized carbons (Fsp3) is 0.273. The Labute approximate surface area is 168 Å². The van der Waals surface area contributed by atoms with Crippen molar-refractivity contribution in [1.29, 1.82) is 0 Å². The summed E-state index contributed by atoms with van der Waals surface area (Å²) in [6.45, 7) is 4.44. The highest BCUT2D eigenvalue weighted by Gasteiger charge is 2.29. The van der Waals surface area contributed by atoms with Gasteiger partial charge in [-0.05, 0) is 50.1 Å². The van der Waals surface area contributed by atoms with Crippen molar-refractivity contribution in [3.8, 4) is 22.8 Å². The molecule has 2 heterocycles. The second-order valence-electron chi connectivity index (χ2n) is 6.75. The van der Waals surface area contributed by atoms with Gasteiger partial charge in [0.1, 0.15) is 0 Å². The topological polar surface area (TPSA) is 51.7 Å². The van der Waals surface area contributed by atoms with Crippen molar-refractivity contribution in [2.75, 3.05) is 18.6 Å². The molecule has 6 heteroatoms. The van der Waals surface area contributed by atoms with E-state index in [0.29, 0.717) is 18.0 Å². The van der Waals surface area contributed by atoms with E-state index < -0.39 is 6.10 Å². The minimum atomic E-state index is -0.608. The van der Waals surface area contributed by atoms with Gasteiger partial charge in [0.05, 0.1) is 17.8 Å². The molecule has 0 bridgehead atoms. The Morgan fingerprint density at radius 3 is 2.71 bits per heavy atom. The number of benzene rings is 2. The summed E-state index contributed by atoms with van der Waals surface area (Å²) in [5.74, 6) is 1.13. The summed E-state index contributed by atoms with van der Waals surface area (Å²) in [4.78, 5) is 19.4. The number of hydrogen-bond acceptors (Lipinski definition) is 5. The lowest BCUT2D eigenvalue weighted by Gasteiger charge is -2.23. The largest absolute Gasteiger partial charge is 0.493 e. The van der Waals surface area contributed by atoms with Gasteiger partial charge in [-0.3, -0.25) is 4.79 Å². The van der Waals surface area contributed by atoms with Gasteiger partial charge in [0.2, 0.25) is 0 Å². The molecule has 0 saturated carbocycles. The zero-order valence-electron chi connectivity index (χ0n) is 16.1. The van der Waals surface area contributed by atoms with Crippen LogP contribution in [0, 0.1) is 6.92 Å². The molecule has 0 radical (unpaired) electrons. The quantitative estimate of drug-likeness (QED) is 0.640. The van der Waals surface area contributed by atoms with Crippen LogP contribution in [-0.2, 0) is 11.2 Å². The molecule has 3 aromatic rings. The average Bonchev–Trinajstić information content (AvgIpc) is 3.33. The molecule has 0 fully saturated rings. The molecule has 1 atom stereocenters. The number of fused-ring (bicyclic) bond motifs is 1. The van der Waals surface area contributed by atoms with Gasteiger partial charge in [-0.2, -0.15) is 0 Å². The fourth-order valence-corrected chi connectivity index (χ4v) is 4.08. The summed E-state index contributed by atoms with van der Waals surface area (Å²) in [6.07, 6.45) is 0.225. The molecule has 144 valence electrons. The first-order valence-corrected chi connectivity index (χ1v) is 10.1. The Kier molecular flexibility index (Phi) is 5.05. The normalized spacial score (nSPS) is 13.9. The van der Waals surface area contributed by atoms with Gasteiger partial charge in [-0.15, -0.1) is 11.3 Å². The number of methoxy groups -OCH3 is 1. The first kappa shape index (κ1) is 18.5. The van der Waals surface area contributed by atoms with E-state index >= 15 is 0 Å². The molecule has 0 aliphatic carbocycles. The van der Waals surface area contributed by atoms with Gasteiger partial charge in [0.15, 0.2) is 17.6 Å². The smallest absolute Gasteiger partial charge is 0.267 e. The SMILES string of the molecule is COc1ccccc1O[C@H](C)C(=O)N1CCc2cc(-c3csc(C)n3)ccc21. The maximum absolute atomic E-state index is 13.0. The first-order valence-electron chi connectivity index (χ1n) is 9.23. The van der Waals surface area contributed by atoms with E-state index in [4.69, 9.17) is 9.47 Å². The Hall–Kier alpha value is -2.86. The van der Waals surface area contributed by atoms with E-state index in [-0.39, 0.29) is 5.91 Å². The second-order valence-corrected chi connectivity index (χ2v) is 7.81. The number of amides is 1. The van der Waals surface area contributed by atoms with E-state index in [1.54, 1.807) is 25.4 Å². The van der Waals surface area contributed by atoms with Crippen LogP contribution in [0.3, 0.4) is 0 Å². The van der Waals surface area contributed by atoms with Gasteiger partial charge < -0.3 is 14.4 Å². The van der Waals surface area contributed by atoms with Crippen LogP contribution < -0.4 is 14.4 Å². The van der Waals surface area contributed by atoms with Crippen molar-refractivity contribution in [3.63, 3.8) is 0 Å². The van der Waals surface area contributed by atoms with E-state index in [1.165, 1.54) is 5.56 Å². The van der Waals surface area contributed by atoms with Gasteiger partial charge in [0.25, 0.3) is 5.91 Å². The first-order chi connectivity index (χ1) is 13.6. The molecule has 4 rings (SSSR count).